The molecule has 7 heteroatoms. The molecule has 0 atom stereocenters. The van der Waals surface area contributed by atoms with Crippen molar-refractivity contribution in [3.8, 4) is 0 Å². The van der Waals surface area contributed by atoms with Crippen LogP contribution in [0.3, 0.4) is 0 Å². The normalized spacial score (nSPS) is 11.0. The lowest BCUT2D eigenvalue weighted by atomic mass is 10.2. The van der Waals surface area contributed by atoms with Gasteiger partial charge >= 0.3 is 0 Å². The minimum Gasteiger partial charge on any atom is -0.348 e. The lowest BCUT2D eigenvalue weighted by Gasteiger charge is -2.09. The van der Waals surface area contributed by atoms with Gasteiger partial charge in [-0.15, -0.1) is 0 Å². The van der Waals surface area contributed by atoms with Crippen LogP contribution in [0.5, 0.6) is 0 Å². The minimum atomic E-state index is -3.72. The quantitative estimate of drug-likeness (QED) is 0.654. The van der Waals surface area contributed by atoms with E-state index in [1.165, 1.54) is 24.3 Å². The largest absolute Gasteiger partial charge is 0.348 e. The molecule has 0 aliphatic heterocycles. The molecule has 0 heterocycles. The van der Waals surface area contributed by atoms with Crippen LogP contribution in [0.1, 0.15) is 15.9 Å². The molecule has 2 N–H and O–H groups in total. The highest BCUT2D eigenvalue weighted by atomic mass is 35.5. The van der Waals surface area contributed by atoms with Crippen molar-refractivity contribution in [2.45, 2.75) is 11.4 Å². The summed E-state index contributed by atoms with van der Waals surface area (Å²) in [5.41, 5.74) is 1.64. The molecule has 1 amide bonds. The summed E-state index contributed by atoms with van der Waals surface area (Å²) < 4.78 is 27.3. The number of hydrogen-bond acceptors (Lipinski definition) is 3. The maximum Gasteiger partial charge on any atom is 0.261 e. The molecule has 0 aromatic heterocycles. The van der Waals surface area contributed by atoms with Gasteiger partial charge in [0.1, 0.15) is 0 Å². The molecule has 0 bridgehead atoms. The van der Waals surface area contributed by atoms with Crippen molar-refractivity contribution < 1.29 is 13.2 Å². The number of carbonyl (C=O) groups excluding carboxylic acids is 1. The number of sulfonamides is 1. The van der Waals surface area contributed by atoms with Crippen molar-refractivity contribution >= 4 is 33.2 Å². The van der Waals surface area contributed by atoms with Gasteiger partial charge in [-0.25, -0.2) is 8.42 Å². The molecule has 3 rings (SSSR count). The molecular weight excluding hydrogens is 384 g/mol. The number of carbonyl (C=O) groups is 1. The number of nitrogens with one attached hydrogen (secondary N) is 2. The zero-order valence-electron chi connectivity index (χ0n) is 14.2. The van der Waals surface area contributed by atoms with E-state index in [9.17, 15) is 13.2 Å². The standard InChI is InChI=1S/C20H17ClN2O3S/c21-19-9-5-4-6-16(19)14-22-20(24)15-10-12-18(13-11-15)27(25,26)23-17-7-2-1-3-8-17/h1-13,23H,14H2,(H,22,24). The van der Waals surface area contributed by atoms with Crippen molar-refractivity contribution in [3.63, 3.8) is 0 Å². The molecule has 0 saturated heterocycles. The number of rotatable bonds is 6. The topological polar surface area (TPSA) is 75.3 Å². The maximum absolute atomic E-state index is 12.4. The fourth-order valence-corrected chi connectivity index (χ4v) is 3.69. The summed E-state index contributed by atoms with van der Waals surface area (Å²) in [5, 5.41) is 3.34. The van der Waals surface area contributed by atoms with Gasteiger partial charge in [0.15, 0.2) is 0 Å². The van der Waals surface area contributed by atoms with Crippen LogP contribution in [0, 0.1) is 0 Å². The molecule has 0 saturated carbocycles. The monoisotopic (exact) mass is 400 g/mol. The van der Waals surface area contributed by atoms with Crippen LogP contribution in [0.15, 0.2) is 83.8 Å². The molecular formula is C20H17ClN2O3S. The molecule has 0 fully saturated rings. The van der Waals surface area contributed by atoms with E-state index in [0.29, 0.717) is 16.3 Å². The van der Waals surface area contributed by atoms with Crippen molar-refractivity contribution in [1.29, 1.82) is 0 Å². The van der Waals surface area contributed by atoms with Gasteiger partial charge < -0.3 is 5.32 Å². The molecule has 0 spiro atoms. The predicted octanol–water partition coefficient (Wildman–Crippen LogP) is 4.07. The Labute approximate surface area is 163 Å². The fraction of sp³-hybridized carbons (Fsp3) is 0.0500. The molecule has 27 heavy (non-hydrogen) atoms. The molecule has 3 aromatic carbocycles. The van der Waals surface area contributed by atoms with Gasteiger partial charge in [0.25, 0.3) is 15.9 Å². The van der Waals surface area contributed by atoms with Crippen molar-refractivity contribution in [3.05, 3.63) is 95.0 Å². The number of hydrogen-bond donors (Lipinski definition) is 2. The van der Waals surface area contributed by atoms with Gasteiger partial charge in [-0.3, -0.25) is 9.52 Å². The lowest BCUT2D eigenvalue weighted by molar-refractivity contribution is 0.0951. The SMILES string of the molecule is O=C(NCc1ccccc1Cl)c1ccc(S(=O)(=O)Nc2ccccc2)cc1. The summed E-state index contributed by atoms with van der Waals surface area (Å²) in [7, 11) is -3.72. The van der Waals surface area contributed by atoms with Gasteiger partial charge in [0.05, 0.1) is 4.90 Å². The van der Waals surface area contributed by atoms with Crippen LogP contribution in [0.2, 0.25) is 5.02 Å². The second-order valence-electron chi connectivity index (χ2n) is 5.77. The molecule has 5 nitrogen and oxygen atoms in total. The Kier molecular flexibility index (Phi) is 5.78. The average molecular weight is 401 g/mol. The molecule has 0 aliphatic rings. The Morgan fingerprint density at radius 2 is 1.48 bits per heavy atom. The highest BCUT2D eigenvalue weighted by Crippen LogP contribution is 2.17. The van der Waals surface area contributed by atoms with E-state index in [4.69, 9.17) is 11.6 Å². The summed E-state index contributed by atoms with van der Waals surface area (Å²) >= 11 is 6.07. The van der Waals surface area contributed by atoms with Gasteiger partial charge in [0, 0.05) is 22.8 Å². The van der Waals surface area contributed by atoms with E-state index >= 15 is 0 Å². The third kappa shape index (κ3) is 4.87. The fourth-order valence-electron chi connectivity index (χ4n) is 2.43. The number of benzene rings is 3. The Morgan fingerprint density at radius 1 is 0.852 bits per heavy atom. The highest BCUT2D eigenvalue weighted by molar-refractivity contribution is 7.92. The van der Waals surface area contributed by atoms with E-state index in [1.54, 1.807) is 36.4 Å². The zero-order valence-corrected chi connectivity index (χ0v) is 15.8. The van der Waals surface area contributed by atoms with Crippen LogP contribution in [0.25, 0.3) is 0 Å². The Balaban J connectivity index is 1.67. The van der Waals surface area contributed by atoms with Gasteiger partial charge in [-0.2, -0.15) is 0 Å². The summed E-state index contributed by atoms with van der Waals surface area (Å²) in [4.78, 5) is 12.3. The van der Waals surface area contributed by atoms with Crippen molar-refractivity contribution in [2.75, 3.05) is 4.72 Å². The summed E-state index contributed by atoms with van der Waals surface area (Å²) in [6.45, 7) is 0.286. The summed E-state index contributed by atoms with van der Waals surface area (Å²) in [6, 6.07) is 21.6. The van der Waals surface area contributed by atoms with E-state index < -0.39 is 10.0 Å². The second-order valence-corrected chi connectivity index (χ2v) is 7.86. The summed E-state index contributed by atoms with van der Waals surface area (Å²) in [5.74, 6) is -0.310. The van der Waals surface area contributed by atoms with E-state index in [2.05, 4.69) is 10.0 Å². The smallest absolute Gasteiger partial charge is 0.261 e. The second kappa shape index (κ2) is 8.24. The minimum absolute atomic E-state index is 0.0778. The highest BCUT2D eigenvalue weighted by Gasteiger charge is 2.15. The predicted molar refractivity (Wildman–Crippen MR) is 106 cm³/mol. The maximum atomic E-state index is 12.4. The molecule has 0 radical (unpaired) electrons. The Morgan fingerprint density at radius 3 is 2.15 bits per heavy atom. The van der Waals surface area contributed by atoms with Crippen LogP contribution in [0.4, 0.5) is 5.69 Å². The first-order chi connectivity index (χ1) is 13.0. The molecule has 138 valence electrons. The first-order valence-electron chi connectivity index (χ1n) is 8.15. The third-order valence-electron chi connectivity index (χ3n) is 3.85. The van der Waals surface area contributed by atoms with Gasteiger partial charge in [0.2, 0.25) is 0 Å². The van der Waals surface area contributed by atoms with Crippen LogP contribution >= 0.6 is 11.6 Å². The van der Waals surface area contributed by atoms with E-state index in [-0.39, 0.29) is 17.3 Å². The lowest BCUT2D eigenvalue weighted by Crippen LogP contribution is -2.23. The third-order valence-corrected chi connectivity index (χ3v) is 5.62. The molecule has 0 aliphatic carbocycles. The number of anilines is 1. The van der Waals surface area contributed by atoms with Crippen LogP contribution in [-0.4, -0.2) is 14.3 Å². The van der Waals surface area contributed by atoms with Crippen LogP contribution < -0.4 is 10.0 Å². The van der Waals surface area contributed by atoms with Crippen molar-refractivity contribution in [2.24, 2.45) is 0 Å². The molecule has 3 aromatic rings. The first-order valence-corrected chi connectivity index (χ1v) is 10.0. The Bertz CT molecular complexity index is 1040. The summed E-state index contributed by atoms with van der Waals surface area (Å²) in [6.07, 6.45) is 0. The van der Waals surface area contributed by atoms with Gasteiger partial charge in [-0.05, 0) is 48.0 Å². The van der Waals surface area contributed by atoms with E-state index in [0.717, 1.165) is 5.56 Å². The molecule has 0 unspecified atom stereocenters. The number of amides is 1. The van der Waals surface area contributed by atoms with Crippen LogP contribution in [-0.2, 0) is 16.6 Å². The number of para-hydroxylation sites is 1. The van der Waals surface area contributed by atoms with E-state index in [1.807, 2.05) is 18.2 Å². The van der Waals surface area contributed by atoms with Crippen molar-refractivity contribution in [1.82, 2.24) is 5.32 Å². The Hall–Kier alpha value is -2.83. The number of halogens is 1. The average Bonchev–Trinajstić information content (AvgIpc) is 2.68. The zero-order chi connectivity index (χ0) is 19.3. The van der Waals surface area contributed by atoms with Gasteiger partial charge in [-0.1, -0.05) is 48.0 Å². The first kappa shape index (κ1) is 18.9.